The molecule has 0 N–H and O–H groups in total. The monoisotopic (exact) mass is 184 g/mol. The number of rotatable bonds is 3. The maximum Gasteiger partial charge on any atom is 0.304 e. The number of carbonyl (C=O) groups is 1. The van der Waals surface area contributed by atoms with E-state index < -0.39 is 0 Å². The summed E-state index contributed by atoms with van der Waals surface area (Å²) in [5.41, 5.74) is 0. The molecule has 3 heteroatoms. The average Bonchev–Trinajstić information content (AvgIpc) is 2.04. The molecular formula is C10H16O3. The first-order valence-corrected chi connectivity index (χ1v) is 4.66. The van der Waals surface area contributed by atoms with Gasteiger partial charge in [-0.05, 0) is 19.3 Å². The van der Waals surface area contributed by atoms with Crippen molar-refractivity contribution in [3.8, 4) is 0 Å². The van der Waals surface area contributed by atoms with Crippen LogP contribution in [0.25, 0.3) is 0 Å². The van der Waals surface area contributed by atoms with E-state index in [1.807, 2.05) is 6.08 Å². The summed E-state index contributed by atoms with van der Waals surface area (Å²) < 4.78 is 10.5. The van der Waals surface area contributed by atoms with Crippen LogP contribution in [0.2, 0.25) is 0 Å². The predicted molar refractivity (Wildman–Crippen MR) is 49.1 cm³/mol. The Hall–Kier alpha value is -0.830. The van der Waals surface area contributed by atoms with Crippen LogP contribution in [0.4, 0.5) is 0 Å². The minimum atomic E-state index is -0.337. The highest BCUT2D eigenvalue weighted by atomic mass is 16.7. The Kier molecular flexibility index (Phi) is 3.96. The van der Waals surface area contributed by atoms with E-state index in [9.17, 15) is 4.79 Å². The molecule has 0 amide bonds. The fraction of sp³-hybridized carbons (Fsp3) is 0.700. The maximum atomic E-state index is 10.7. The Morgan fingerprint density at radius 2 is 2.46 bits per heavy atom. The quantitative estimate of drug-likeness (QED) is 0.497. The minimum absolute atomic E-state index is 0.176. The second-order valence-corrected chi connectivity index (χ2v) is 3.25. The maximum absolute atomic E-state index is 10.7. The highest BCUT2D eigenvalue weighted by Gasteiger charge is 2.23. The fourth-order valence-corrected chi connectivity index (χ4v) is 1.49. The standard InChI is InChI=1S/C10H16O3/c1-3-5-9-6-4-7-10(13-9)12-8(2)11/h3,9-10H,1,4-7H2,2H3/t9-,10?/m1/s1. The third-order valence-electron chi connectivity index (χ3n) is 2.04. The van der Waals surface area contributed by atoms with E-state index in [2.05, 4.69) is 6.58 Å². The molecule has 1 fully saturated rings. The summed E-state index contributed by atoms with van der Waals surface area (Å²) in [6.07, 6.45) is 5.40. The van der Waals surface area contributed by atoms with Crippen molar-refractivity contribution >= 4 is 5.97 Å². The summed E-state index contributed by atoms with van der Waals surface area (Å²) in [6, 6.07) is 0. The minimum Gasteiger partial charge on any atom is -0.436 e. The molecule has 1 aliphatic heterocycles. The van der Waals surface area contributed by atoms with Gasteiger partial charge in [-0.15, -0.1) is 6.58 Å². The lowest BCUT2D eigenvalue weighted by Gasteiger charge is -2.28. The van der Waals surface area contributed by atoms with Gasteiger partial charge in [-0.25, -0.2) is 0 Å². The Morgan fingerprint density at radius 3 is 3.08 bits per heavy atom. The molecule has 1 rings (SSSR count). The molecule has 0 aliphatic carbocycles. The zero-order chi connectivity index (χ0) is 9.68. The van der Waals surface area contributed by atoms with E-state index in [0.717, 1.165) is 25.7 Å². The van der Waals surface area contributed by atoms with Crippen LogP contribution in [0.3, 0.4) is 0 Å². The van der Waals surface area contributed by atoms with Gasteiger partial charge in [0.05, 0.1) is 6.10 Å². The van der Waals surface area contributed by atoms with Crippen molar-refractivity contribution in [1.82, 2.24) is 0 Å². The van der Waals surface area contributed by atoms with Crippen molar-refractivity contribution in [2.45, 2.75) is 45.0 Å². The van der Waals surface area contributed by atoms with Crippen LogP contribution in [0.15, 0.2) is 12.7 Å². The Labute approximate surface area is 78.7 Å². The van der Waals surface area contributed by atoms with Crippen LogP contribution in [0.5, 0.6) is 0 Å². The number of esters is 1. The van der Waals surface area contributed by atoms with E-state index >= 15 is 0 Å². The van der Waals surface area contributed by atoms with Gasteiger partial charge < -0.3 is 9.47 Å². The number of ether oxygens (including phenoxy) is 2. The lowest BCUT2D eigenvalue weighted by atomic mass is 10.1. The van der Waals surface area contributed by atoms with Crippen molar-refractivity contribution in [1.29, 1.82) is 0 Å². The molecule has 13 heavy (non-hydrogen) atoms. The zero-order valence-corrected chi connectivity index (χ0v) is 7.99. The fourth-order valence-electron chi connectivity index (χ4n) is 1.49. The van der Waals surface area contributed by atoms with Crippen LogP contribution in [0.1, 0.15) is 32.6 Å². The van der Waals surface area contributed by atoms with Crippen LogP contribution in [0, 0.1) is 0 Å². The molecule has 1 saturated heterocycles. The highest BCUT2D eigenvalue weighted by molar-refractivity contribution is 5.66. The lowest BCUT2D eigenvalue weighted by molar-refractivity contribution is -0.199. The Morgan fingerprint density at radius 1 is 1.69 bits per heavy atom. The van der Waals surface area contributed by atoms with E-state index in [4.69, 9.17) is 9.47 Å². The van der Waals surface area contributed by atoms with Crippen molar-refractivity contribution in [3.63, 3.8) is 0 Å². The third kappa shape index (κ3) is 3.59. The smallest absolute Gasteiger partial charge is 0.304 e. The number of hydrogen-bond donors (Lipinski definition) is 0. The summed E-state index contributed by atoms with van der Waals surface area (Å²) in [4.78, 5) is 10.7. The normalized spacial score (nSPS) is 28.1. The SMILES string of the molecule is C=CC[C@@H]1CCCC(OC(C)=O)O1. The first kappa shape index (κ1) is 10.3. The molecule has 0 radical (unpaired) electrons. The van der Waals surface area contributed by atoms with E-state index in [1.165, 1.54) is 6.92 Å². The van der Waals surface area contributed by atoms with Crippen LogP contribution in [-0.2, 0) is 14.3 Å². The molecular weight excluding hydrogens is 168 g/mol. The molecule has 0 aromatic heterocycles. The van der Waals surface area contributed by atoms with Gasteiger partial charge in [-0.3, -0.25) is 4.79 Å². The molecule has 1 unspecified atom stereocenters. The third-order valence-corrected chi connectivity index (χ3v) is 2.04. The van der Waals surface area contributed by atoms with Crippen molar-refractivity contribution in [2.24, 2.45) is 0 Å². The Bertz CT molecular complexity index is 189. The van der Waals surface area contributed by atoms with Crippen molar-refractivity contribution < 1.29 is 14.3 Å². The Balaban J connectivity index is 2.32. The largest absolute Gasteiger partial charge is 0.436 e. The van der Waals surface area contributed by atoms with E-state index in [0.29, 0.717) is 0 Å². The molecule has 0 bridgehead atoms. The van der Waals surface area contributed by atoms with E-state index in [-0.39, 0.29) is 18.4 Å². The van der Waals surface area contributed by atoms with Crippen molar-refractivity contribution in [2.75, 3.05) is 0 Å². The van der Waals surface area contributed by atoms with Gasteiger partial charge in [0.25, 0.3) is 0 Å². The number of carbonyl (C=O) groups excluding carboxylic acids is 1. The molecule has 3 nitrogen and oxygen atoms in total. The van der Waals surface area contributed by atoms with Crippen LogP contribution < -0.4 is 0 Å². The molecule has 1 aliphatic rings. The summed E-state index contributed by atoms with van der Waals surface area (Å²) in [5.74, 6) is -0.274. The van der Waals surface area contributed by atoms with Gasteiger partial charge in [0.15, 0.2) is 0 Å². The first-order valence-electron chi connectivity index (χ1n) is 4.66. The topological polar surface area (TPSA) is 35.5 Å². The van der Waals surface area contributed by atoms with E-state index in [1.54, 1.807) is 0 Å². The van der Waals surface area contributed by atoms with Crippen LogP contribution >= 0.6 is 0 Å². The van der Waals surface area contributed by atoms with Crippen molar-refractivity contribution in [3.05, 3.63) is 12.7 Å². The van der Waals surface area contributed by atoms with Gasteiger partial charge in [0, 0.05) is 13.3 Å². The molecule has 2 atom stereocenters. The lowest BCUT2D eigenvalue weighted by Crippen LogP contribution is -2.30. The summed E-state index contributed by atoms with van der Waals surface area (Å²) >= 11 is 0. The highest BCUT2D eigenvalue weighted by Crippen LogP contribution is 2.22. The molecule has 0 spiro atoms. The second kappa shape index (κ2) is 5.02. The summed E-state index contributed by atoms with van der Waals surface area (Å²) in [7, 11) is 0. The van der Waals surface area contributed by atoms with Gasteiger partial charge >= 0.3 is 5.97 Å². The first-order chi connectivity index (χ1) is 6.22. The van der Waals surface area contributed by atoms with Gasteiger partial charge in [0.1, 0.15) is 0 Å². The molecule has 0 aromatic rings. The molecule has 74 valence electrons. The summed E-state index contributed by atoms with van der Waals surface area (Å²) in [5, 5.41) is 0. The number of hydrogen-bond acceptors (Lipinski definition) is 3. The second-order valence-electron chi connectivity index (χ2n) is 3.25. The summed E-state index contributed by atoms with van der Waals surface area (Å²) in [6.45, 7) is 5.06. The predicted octanol–water partition coefficient (Wildman–Crippen LogP) is 2.02. The zero-order valence-electron chi connectivity index (χ0n) is 7.99. The molecule has 0 saturated carbocycles. The van der Waals surface area contributed by atoms with Crippen LogP contribution in [-0.4, -0.2) is 18.4 Å². The molecule has 0 aromatic carbocycles. The van der Waals surface area contributed by atoms with Gasteiger partial charge in [0.2, 0.25) is 6.29 Å². The van der Waals surface area contributed by atoms with Gasteiger partial charge in [-0.2, -0.15) is 0 Å². The molecule has 1 heterocycles. The average molecular weight is 184 g/mol. The van der Waals surface area contributed by atoms with Gasteiger partial charge in [-0.1, -0.05) is 6.08 Å².